The van der Waals surface area contributed by atoms with Gasteiger partial charge in [0.2, 0.25) is 0 Å². The van der Waals surface area contributed by atoms with Gasteiger partial charge in [-0.2, -0.15) is 0 Å². The fraction of sp³-hybridized carbons (Fsp3) is 0.500. The minimum Gasteiger partial charge on any atom is -0.399 e. The zero-order valence-electron chi connectivity index (χ0n) is 9.39. The van der Waals surface area contributed by atoms with Crippen LogP contribution in [0.3, 0.4) is 0 Å². The van der Waals surface area contributed by atoms with E-state index in [0.717, 1.165) is 36.4 Å². The fourth-order valence-corrected chi connectivity index (χ4v) is 2.24. The van der Waals surface area contributed by atoms with Crippen molar-refractivity contribution in [3.8, 4) is 0 Å². The van der Waals surface area contributed by atoms with Crippen LogP contribution in [-0.4, -0.2) is 30.8 Å². The second kappa shape index (κ2) is 4.72. The molecule has 4 nitrogen and oxygen atoms in total. The summed E-state index contributed by atoms with van der Waals surface area (Å²) in [4.78, 5) is 2.27. The van der Waals surface area contributed by atoms with E-state index in [2.05, 4.69) is 4.90 Å². The van der Waals surface area contributed by atoms with Gasteiger partial charge in [0.05, 0.1) is 0 Å². The average molecular weight is 221 g/mol. The summed E-state index contributed by atoms with van der Waals surface area (Å²) in [6.45, 7) is 2.03. The van der Waals surface area contributed by atoms with Gasteiger partial charge in [-0.1, -0.05) is 0 Å². The maximum atomic E-state index is 9.05. The van der Waals surface area contributed by atoms with E-state index in [1.165, 1.54) is 0 Å². The van der Waals surface area contributed by atoms with Crippen LogP contribution in [0.2, 0.25) is 0 Å². The van der Waals surface area contributed by atoms with Crippen LogP contribution in [-0.2, 0) is 6.42 Å². The molecule has 1 heterocycles. The van der Waals surface area contributed by atoms with Crippen molar-refractivity contribution in [3.63, 3.8) is 0 Å². The van der Waals surface area contributed by atoms with E-state index in [4.69, 9.17) is 16.6 Å². The Balaban J connectivity index is 2.25. The largest absolute Gasteiger partial charge is 0.399 e. The van der Waals surface area contributed by atoms with Gasteiger partial charge in [-0.25, -0.2) is 0 Å². The number of hydrogen-bond donors (Lipinski definition) is 3. The molecule has 2 rings (SSSR count). The lowest BCUT2D eigenvalue weighted by Gasteiger charge is -2.22. The molecule has 0 bridgehead atoms. The molecule has 16 heavy (non-hydrogen) atoms. The number of rotatable bonds is 3. The number of anilines is 2. The summed E-state index contributed by atoms with van der Waals surface area (Å²) < 4.78 is 0. The maximum Gasteiger partial charge on any atom is 0.0472 e. The SMILES string of the molecule is Nc1ccc(N2CCC(N)C2)c(CCO)c1. The topological polar surface area (TPSA) is 75.5 Å². The number of aliphatic hydroxyl groups excluding tert-OH is 1. The molecule has 0 aromatic heterocycles. The molecule has 0 aliphatic carbocycles. The first kappa shape index (κ1) is 11.2. The first-order valence-electron chi connectivity index (χ1n) is 5.70. The Kier molecular flexibility index (Phi) is 3.31. The van der Waals surface area contributed by atoms with E-state index in [9.17, 15) is 0 Å². The summed E-state index contributed by atoms with van der Waals surface area (Å²) >= 11 is 0. The highest BCUT2D eigenvalue weighted by molar-refractivity contribution is 5.60. The van der Waals surface area contributed by atoms with Gasteiger partial charge in [-0.3, -0.25) is 0 Å². The quantitative estimate of drug-likeness (QED) is 0.643. The monoisotopic (exact) mass is 221 g/mol. The smallest absolute Gasteiger partial charge is 0.0472 e. The van der Waals surface area contributed by atoms with Gasteiger partial charge >= 0.3 is 0 Å². The summed E-state index contributed by atoms with van der Waals surface area (Å²) in [5.74, 6) is 0. The van der Waals surface area contributed by atoms with E-state index in [-0.39, 0.29) is 12.6 Å². The van der Waals surface area contributed by atoms with Crippen LogP contribution in [0, 0.1) is 0 Å². The molecule has 1 fully saturated rings. The van der Waals surface area contributed by atoms with Gasteiger partial charge in [0.1, 0.15) is 0 Å². The molecule has 1 aromatic carbocycles. The summed E-state index contributed by atoms with van der Waals surface area (Å²) in [5.41, 5.74) is 14.7. The molecular formula is C12H19N3O. The predicted molar refractivity (Wildman–Crippen MR) is 66.4 cm³/mol. The normalized spacial score (nSPS) is 20.4. The molecule has 0 spiro atoms. The van der Waals surface area contributed by atoms with Crippen LogP contribution in [0.1, 0.15) is 12.0 Å². The van der Waals surface area contributed by atoms with Crippen molar-refractivity contribution in [1.29, 1.82) is 0 Å². The number of nitrogens with two attached hydrogens (primary N) is 2. The van der Waals surface area contributed by atoms with E-state index >= 15 is 0 Å². The van der Waals surface area contributed by atoms with Gasteiger partial charge in [0, 0.05) is 37.1 Å². The second-order valence-corrected chi connectivity index (χ2v) is 4.36. The van der Waals surface area contributed by atoms with Crippen molar-refractivity contribution < 1.29 is 5.11 Å². The van der Waals surface area contributed by atoms with Gasteiger partial charge in [0.25, 0.3) is 0 Å². The van der Waals surface area contributed by atoms with E-state index in [1.807, 2.05) is 18.2 Å². The summed E-state index contributed by atoms with van der Waals surface area (Å²) in [5, 5.41) is 9.05. The molecule has 4 heteroatoms. The minimum atomic E-state index is 0.149. The third kappa shape index (κ3) is 2.28. The van der Waals surface area contributed by atoms with Crippen molar-refractivity contribution >= 4 is 11.4 Å². The molecule has 0 radical (unpaired) electrons. The Hall–Kier alpha value is -1.26. The average Bonchev–Trinajstić information content (AvgIpc) is 2.65. The standard InChI is InChI=1S/C12H19N3O/c13-10-1-2-12(9(7-10)4-6-16)15-5-3-11(14)8-15/h1-2,7,11,16H,3-6,8,13-14H2. The molecule has 5 N–H and O–H groups in total. The Morgan fingerprint density at radius 1 is 1.44 bits per heavy atom. The number of aliphatic hydroxyl groups is 1. The molecule has 1 aliphatic rings. The predicted octanol–water partition coefficient (Wildman–Crippen LogP) is 0.341. The molecule has 1 aliphatic heterocycles. The summed E-state index contributed by atoms with van der Waals surface area (Å²) in [7, 11) is 0. The molecule has 0 saturated carbocycles. The number of benzene rings is 1. The lowest BCUT2D eigenvalue weighted by molar-refractivity contribution is 0.299. The van der Waals surface area contributed by atoms with Crippen LogP contribution in [0.15, 0.2) is 18.2 Å². The maximum absolute atomic E-state index is 9.05. The molecular weight excluding hydrogens is 202 g/mol. The van der Waals surface area contributed by atoms with Crippen molar-refractivity contribution in [3.05, 3.63) is 23.8 Å². The van der Waals surface area contributed by atoms with Crippen LogP contribution >= 0.6 is 0 Å². The highest BCUT2D eigenvalue weighted by Crippen LogP contribution is 2.26. The molecule has 1 unspecified atom stereocenters. The minimum absolute atomic E-state index is 0.149. The molecule has 1 atom stereocenters. The molecule has 88 valence electrons. The number of hydrogen-bond acceptors (Lipinski definition) is 4. The Morgan fingerprint density at radius 3 is 2.88 bits per heavy atom. The van der Waals surface area contributed by atoms with Crippen molar-refractivity contribution in [2.24, 2.45) is 5.73 Å². The molecule has 1 saturated heterocycles. The third-order valence-electron chi connectivity index (χ3n) is 3.05. The van der Waals surface area contributed by atoms with Gasteiger partial charge in [-0.15, -0.1) is 0 Å². The van der Waals surface area contributed by atoms with Gasteiger partial charge in [-0.05, 0) is 36.6 Å². The van der Waals surface area contributed by atoms with Crippen LogP contribution in [0.5, 0.6) is 0 Å². The highest BCUT2D eigenvalue weighted by atomic mass is 16.2. The zero-order chi connectivity index (χ0) is 11.5. The van der Waals surface area contributed by atoms with E-state index in [1.54, 1.807) is 0 Å². The Bertz CT molecular complexity index is 367. The van der Waals surface area contributed by atoms with E-state index in [0.29, 0.717) is 6.42 Å². The van der Waals surface area contributed by atoms with Crippen molar-refractivity contribution in [2.45, 2.75) is 18.9 Å². The Labute approximate surface area is 95.8 Å². The molecule has 1 aromatic rings. The summed E-state index contributed by atoms with van der Waals surface area (Å²) in [6, 6.07) is 6.13. The first-order valence-corrected chi connectivity index (χ1v) is 5.70. The van der Waals surface area contributed by atoms with Gasteiger partial charge in [0.15, 0.2) is 0 Å². The second-order valence-electron chi connectivity index (χ2n) is 4.36. The first-order chi connectivity index (χ1) is 7.70. The lowest BCUT2D eigenvalue weighted by atomic mass is 10.1. The van der Waals surface area contributed by atoms with E-state index < -0.39 is 0 Å². The van der Waals surface area contributed by atoms with Crippen LogP contribution < -0.4 is 16.4 Å². The number of nitrogens with zero attached hydrogens (tertiary/aromatic N) is 1. The third-order valence-corrected chi connectivity index (χ3v) is 3.05. The van der Waals surface area contributed by atoms with Crippen LogP contribution in [0.4, 0.5) is 11.4 Å². The summed E-state index contributed by atoms with van der Waals surface area (Å²) in [6.07, 6.45) is 1.68. The van der Waals surface area contributed by atoms with Gasteiger partial charge < -0.3 is 21.5 Å². The fourth-order valence-electron chi connectivity index (χ4n) is 2.24. The highest BCUT2D eigenvalue weighted by Gasteiger charge is 2.21. The van der Waals surface area contributed by atoms with Crippen molar-refractivity contribution in [2.75, 3.05) is 30.3 Å². The van der Waals surface area contributed by atoms with Crippen LogP contribution in [0.25, 0.3) is 0 Å². The molecule has 0 amide bonds. The Morgan fingerprint density at radius 2 is 2.25 bits per heavy atom. The lowest BCUT2D eigenvalue weighted by Crippen LogP contribution is -2.27. The number of nitrogen functional groups attached to an aromatic ring is 1. The zero-order valence-corrected chi connectivity index (χ0v) is 9.39. The van der Waals surface area contributed by atoms with Crippen molar-refractivity contribution in [1.82, 2.24) is 0 Å².